The Bertz CT molecular complexity index is 460. The molecular formula is C12H15N3S. The number of rotatable bonds is 3. The molecule has 1 saturated heterocycles. The van der Waals surface area contributed by atoms with E-state index in [1.807, 2.05) is 29.3 Å². The van der Waals surface area contributed by atoms with Crippen molar-refractivity contribution in [2.24, 2.45) is 7.05 Å². The lowest BCUT2D eigenvalue weighted by molar-refractivity contribution is 0.0816. The van der Waals surface area contributed by atoms with Crippen molar-refractivity contribution < 1.29 is 0 Å². The second kappa shape index (κ2) is 4.03. The van der Waals surface area contributed by atoms with Gasteiger partial charge in [-0.25, -0.2) is 0 Å². The van der Waals surface area contributed by atoms with E-state index in [0.717, 1.165) is 6.54 Å². The summed E-state index contributed by atoms with van der Waals surface area (Å²) in [6.45, 7) is 2.22. The first kappa shape index (κ1) is 10.1. The molecule has 2 aromatic rings. The molecule has 1 aliphatic rings. The SMILES string of the molecule is Cn1nccc1CN1CC[C@H]1c1cccs1. The third-order valence-corrected chi connectivity index (χ3v) is 4.26. The fourth-order valence-electron chi connectivity index (χ4n) is 2.20. The average molecular weight is 233 g/mol. The van der Waals surface area contributed by atoms with Crippen LogP contribution in [0.5, 0.6) is 0 Å². The van der Waals surface area contributed by atoms with Crippen molar-refractivity contribution in [2.45, 2.75) is 19.0 Å². The van der Waals surface area contributed by atoms with Gasteiger partial charge in [-0.05, 0) is 23.9 Å². The highest BCUT2D eigenvalue weighted by atomic mass is 32.1. The Hall–Kier alpha value is -1.13. The van der Waals surface area contributed by atoms with Gasteiger partial charge in [-0.3, -0.25) is 9.58 Å². The number of hydrogen-bond acceptors (Lipinski definition) is 3. The number of aromatic nitrogens is 2. The fourth-order valence-corrected chi connectivity index (χ4v) is 3.09. The normalized spacial score (nSPS) is 20.9. The maximum absolute atomic E-state index is 4.21. The van der Waals surface area contributed by atoms with Crippen molar-refractivity contribution >= 4 is 11.3 Å². The molecule has 1 atom stereocenters. The monoisotopic (exact) mass is 233 g/mol. The minimum Gasteiger partial charge on any atom is -0.290 e. The van der Waals surface area contributed by atoms with E-state index in [1.54, 1.807) is 0 Å². The minimum atomic E-state index is 0.634. The van der Waals surface area contributed by atoms with Crippen LogP contribution < -0.4 is 0 Å². The smallest absolute Gasteiger partial charge is 0.0521 e. The highest BCUT2D eigenvalue weighted by Crippen LogP contribution is 2.36. The molecule has 0 bridgehead atoms. The summed E-state index contributed by atoms with van der Waals surface area (Å²) >= 11 is 1.86. The number of nitrogens with zero attached hydrogens (tertiary/aromatic N) is 3. The summed E-state index contributed by atoms with van der Waals surface area (Å²) in [5.74, 6) is 0. The Morgan fingerprint density at radius 3 is 3.00 bits per heavy atom. The molecule has 0 amide bonds. The van der Waals surface area contributed by atoms with Gasteiger partial charge >= 0.3 is 0 Å². The molecule has 0 aromatic carbocycles. The summed E-state index contributed by atoms with van der Waals surface area (Å²) in [4.78, 5) is 4.01. The van der Waals surface area contributed by atoms with Gasteiger partial charge in [0.1, 0.15) is 0 Å². The fraction of sp³-hybridized carbons (Fsp3) is 0.417. The molecule has 0 N–H and O–H groups in total. The molecule has 0 radical (unpaired) electrons. The van der Waals surface area contributed by atoms with Crippen molar-refractivity contribution in [2.75, 3.05) is 6.54 Å². The van der Waals surface area contributed by atoms with Gasteiger partial charge in [-0.1, -0.05) is 6.07 Å². The molecule has 3 heterocycles. The van der Waals surface area contributed by atoms with Gasteiger partial charge in [-0.2, -0.15) is 5.10 Å². The van der Waals surface area contributed by atoms with E-state index in [2.05, 4.69) is 33.6 Å². The zero-order valence-electron chi connectivity index (χ0n) is 9.34. The third-order valence-electron chi connectivity index (χ3n) is 3.29. The van der Waals surface area contributed by atoms with Gasteiger partial charge in [0.25, 0.3) is 0 Å². The van der Waals surface area contributed by atoms with E-state index in [1.165, 1.54) is 23.5 Å². The van der Waals surface area contributed by atoms with Crippen LogP contribution in [0.25, 0.3) is 0 Å². The van der Waals surface area contributed by atoms with E-state index in [0.29, 0.717) is 6.04 Å². The molecular weight excluding hydrogens is 218 g/mol. The zero-order chi connectivity index (χ0) is 11.0. The molecule has 84 valence electrons. The van der Waals surface area contributed by atoms with Gasteiger partial charge in [-0.15, -0.1) is 11.3 Å². The van der Waals surface area contributed by atoms with Gasteiger partial charge in [0, 0.05) is 37.3 Å². The molecule has 0 saturated carbocycles. The van der Waals surface area contributed by atoms with Crippen molar-refractivity contribution in [1.29, 1.82) is 0 Å². The molecule has 0 unspecified atom stereocenters. The standard InChI is InChI=1S/C12H15N3S/c1-14-10(4-6-13-14)9-15-7-5-11(15)12-3-2-8-16-12/h2-4,6,8,11H,5,7,9H2,1H3/t11-/m0/s1. The lowest BCUT2D eigenvalue weighted by atomic mass is 10.0. The Kier molecular flexibility index (Phi) is 2.53. The molecule has 4 heteroatoms. The maximum Gasteiger partial charge on any atom is 0.0521 e. The molecule has 3 rings (SSSR count). The lowest BCUT2D eigenvalue weighted by Crippen LogP contribution is -2.40. The lowest BCUT2D eigenvalue weighted by Gasteiger charge is -2.40. The summed E-state index contributed by atoms with van der Waals surface area (Å²) in [6, 6.07) is 7.12. The van der Waals surface area contributed by atoms with E-state index < -0.39 is 0 Å². The Morgan fingerprint density at radius 1 is 1.50 bits per heavy atom. The van der Waals surface area contributed by atoms with Crippen molar-refractivity contribution in [3.8, 4) is 0 Å². The summed E-state index contributed by atoms with van der Waals surface area (Å²) < 4.78 is 1.96. The largest absolute Gasteiger partial charge is 0.290 e. The summed E-state index contributed by atoms with van der Waals surface area (Å²) in [5, 5.41) is 6.37. The van der Waals surface area contributed by atoms with Crippen molar-refractivity contribution in [1.82, 2.24) is 14.7 Å². The molecule has 1 fully saturated rings. The molecule has 0 aliphatic carbocycles. The number of likely N-dealkylation sites (tertiary alicyclic amines) is 1. The highest BCUT2D eigenvalue weighted by molar-refractivity contribution is 7.10. The average Bonchev–Trinajstić information content (AvgIpc) is 2.85. The Labute approximate surface area is 99.3 Å². The molecule has 16 heavy (non-hydrogen) atoms. The topological polar surface area (TPSA) is 21.1 Å². The number of thiophene rings is 1. The van der Waals surface area contributed by atoms with Crippen LogP contribution in [0.15, 0.2) is 29.8 Å². The molecule has 3 nitrogen and oxygen atoms in total. The molecule has 0 spiro atoms. The van der Waals surface area contributed by atoms with Crippen LogP contribution >= 0.6 is 11.3 Å². The maximum atomic E-state index is 4.21. The predicted octanol–water partition coefficient (Wildman–Crippen LogP) is 2.43. The Balaban J connectivity index is 1.71. The van der Waals surface area contributed by atoms with Crippen molar-refractivity contribution in [3.63, 3.8) is 0 Å². The second-order valence-corrected chi connectivity index (χ2v) is 5.22. The van der Waals surface area contributed by atoms with Crippen LogP contribution in [0.4, 0.5) is 0 Å². The Morgan fingerprint density at radius 2 is 2.44 bits per heavy atom. The summed E-state index contributed by atoms with van der Waals surface area (Å²) in [6.07, 6.45) is 3.16. The van der Waals surface area contributed by atoms with Crippen LogP contribution in [-0.2, 0) is 13.6 Å². The first-order valence-corrected chi connectivity index (χ1v) is 6.47. The highest BCUT2D eigenvalue weighted by Gasteiger charge is 2.30. The van der Waals surface area contributed by atoms with Gasteiger partial charge in [0.15, 0.2) is 0 Å². The van der Waals surface area contributed by atoms with E-state index in [4.69, 9.17) is 0 Å². The van der Waals surface area contributed by atoms with Crippen molar-refractivity contribution in [3.05, 3.63) is 40.3 Å². The minimum absolute atomic E-state index is 0.634. The second-order valence-electron chi connectivity index (χ2n) is 4.24. The first-order chi connectivity index (χ1) is 7.84. The van der Waals surface area contributed by atoms with Crippen LogP contribution in [-0.4, -0.2) is 21.2 Å². The van der Waals surface area contributed by atoms with Gasteiger partial charge in [0.05, 0.1) is 5.69 Å². The zero-order valence-corrected chi connectivity index (χ0v) is 10.2. The molecule has 1 aliphatic heterocycles. The quantitative estimate of drug-likeness (QED) is 0.812. The van der Waals surface area contributed by atoms with E-state index in [-0.39, 0.29) is 0 Å². The van der Waals surface area contributed by atoms with Gasteiger partial charge < -0.3 is 0 Å². The van der Waals surface area contributed by atoms with Crippen LogP contribution in [0.1, 0.15) is 23.0 Å². The predicted molar refractivity (Wildman–Crippen MR) is 65.3 cm³/mol. The summed E-state index contributed by atoms with van der Waals surface area (Å²) in [7, 11) is 2.01. The number of aryl methyl sites for hydroxylation is 1. The van der Waals surface area contributed by atoms with Crippen LogP contribution in [0.2, 0.25) is 0 Å². The third kappa shape index (κ3) is 1.68. The summed E-state index contributed by atoms with van der Waals surface area (Å²) in [5.41, 5.74) is 1.29. The first-order valence-electron chi connectivity index (χ1n) is 5.59. The van der Waals surface area contributed by atoms with Crippen LogP contribution in [0, 0.1) is 0 Å². The number of hydrogen-bond donors (Lipinski definition) is 0. The van der Waals surface area contributed by atoms with Gasteiger partial charge in [0.2, 0.25) is 0 Å². The van der Waals surface area contributed by atoms with E-state index >= 15 is 0 Å². The van der Waals surface area contributed by atoms with Crippen LogP contribution in [0.3, 0.4) is 0 Å². The molecule has 2 aromatic heterocycles. The van der Waals surface area contributed by atoms with E-state index in [9.17, 15) is 0 Å².